The minimum absolute atomic E-state index is 0.161. The van der Waals surface area contributed by atoms with E-state index in [0.717, 1.165) is 12.0 Å². The maximum absolute atomic E-state index is 11.7. The molecule has 1 aliphatic carbocycles. The molecule has 0 bridgehead atoms. The molecule has 1 aliphatic rings. The second-order valence-corrected chi connectivity index (χ2v) is 4.69. The average Bonchev–Trinajstić information content (AvgIpc) is 3.17. The van der Waals surface area contributed by atoms with Gasteiger partial charge in [-0.1, -0.05) is 25.1 Å². The summed E-state index contributed by atoms with van der Waals surface area (Å²) in [6.07, 6.45) is 1.79. The molecule has 1 aromatic carbocycles. The van der Waals surface area contributed by atoms with Crippen LogP contribution in [0.2, 0.25) is 0 Å². The topological polar surface area (TPSA) is 75.6 Å². The largest absolute Gasteiger partial charge is 0.483 e. The van der Waals surface area contributed by atoms with E-state index in [1.54, 1.807) is 6.07 Å². The molecule has 1 saturated carbocycles. The van der Waals surface area contributed by atoms with E-state index in [0.29, 0.717) is 18.6 Å². The first kappa shape index (κ1) is 13.4. The molecule has 5 heteroatoms. The fourth-order valence-corrected chi connectivity index (χ4v) is 1.90. The molecule has 0 aliphatic heterocycles. The van der Waals surface area contributed by atoms with E-state index in [1.807, 2.05) is 25.1 Å². The third-order valence-corrected chi connectivity index (χ3v) is 3.25. The van der Waals surface area contributed by atoms with Crippen LogP contribution in [0.1, 0.15) is 25.3 Å². The average molecular weight is 263 g/mol. The number of ether oxygens (including phenoxy) is 1. The molecule has 19 heavy (non-hydrogen) atoms. The lowest BCUT2D eigenvalue weighted by molar-refractivity contribution is -0.143. The second-order valence-electron chi connectivity index (χ2n) is 4.69. The van der Waals surface area contributed by atoms with E-state index in [-0.39, 0.29) is 6.61 Å². The zero-order valence-electron chi connectivity index (χ0n) is 10.8. The highest BCUT2D eigenvalue weighted by atomic mass is 16.5. The second kappa shape index (κ2) is 5.30. The molecule has 2 rings (SSSR count). The number of amides is 1. The summed E-state index contributed by atoms with van der Waals surface area (Å²) in [6, 6.07) is 7.49. The van der Waals surface area contributed by atoms with Crippen LogP contribution < -0.4 is 10.1 Å². The van der Waals surface area contributed by atoms with Gasteiger partial charge in [-0.05, 0) is 30.9 Å². The predicted octanol–water partition coefficient (Wildman–Crippen LogP) is 1.36. The van der Waals surface area contributed by atoms with Crippen LogP contribution in [0.3, 0.4) is 0 Å². The lowest BCUT2D eigenvalue weighted by Crippen LogP contribution is -2.45. The molecule has 0 heterocycles. The standard InChI is InChI=1S/C14H17NO4/c1-2-10-5-3-4-6-11(10)19-9-12(16)15-14(7-8-14)13(17)18/h3-6H,2,7-9H2,1H3,(H,15,16)(H,17,18). The number of rotatable bonds is 6. The van der Waals surface area contributed by atoms with Crippen molar-refractivity contribution in [2.24, 2.45) is 0 Å². The Morgan fingerprint density at radius 2 is 2.05 bits per heavy atom. The summed E-state index contributed by atoms with van der Waals surface area (Å²) in [5.41, 5.74) is -0.0280. The van der Waals surface area contributed by atoms with Gasteiger partial charge < -0.3 is 15.2 Å². The van der Waals surface area contributed by atoms with Gasteiger partial charge in [0, 0.05) is 0 Å². The smallest absolute Gasteiger partial charge is 0.329 e. The Morgan fingerprint density at radius 3 is 2.63 bits per heavy atom. The summed E-state index contributed by atoms with van der Waals surface area (Å²) in [7, 11) is 0. The van der Waals surface area contributed by atoms with E-state index < -0.39 is 17.4 Å². The summed E-state index contributed by atoms with van der Waals surface area (Å²) in [6.45, 7) is 1.85. The van der Waals surface area contributed by atoms with Gasteiger partial charge in [0.2, 0.25) is 0 Å². The Kier molecular flexibility index (Phi) is 3.74. The molecule has 0 saturated heterocycles. The number of carbonyl (C=O) groups is 2. The van der Waals surface area contributed by atoms with Gasteiger partial charge in [-0.3, -0.25) is 4.79 Å². The van der Waals surface area contributed by atoms with Crippen molar-refractivity contribution in [3.63, 3.8) is 0 Å². The van der Waals surface area contributed by atoms with Crippen molar-refractivity contribution < 1.29 is 19.4 Å². The molecule has 0 radical (unpaired) electrons. The van der Waals surface area contributed by atoms with E-state index >= 15 is 0 Å². The molecular formula is C14H17NO4. The van der Waals surface area contributed by atoms with Crippen molar-refractivity contribution in [2.45, 2.75) is 31.7 Å². The van der Waals surface area contributed by atoms with E-state index in [4.69, 9.17) is 9.84 Å². The Labute approximate surface area is 111 Å². The Morgan fingerprint density at radius 1 is 1.37 bits per heavy atom. The van der Waals surface area contributed by atoms with Crippen LogP contribution >= 0.6 is 0 Å². The highest BCUT2D eigenvalue weighted by Gasteiger charge is 2.51. The number of aryl methyl sites for hydroxylation is 1. The van der Waals surface area contributed by atoms with Gasteiger partial charge in [-0.2, -0.15) is 0 Å². The number of para-hydroxylation sites is 1. The number of benzene rings is 1. The third-order valence-electron chi connectivity index (χ3n) is 3.25. The third kappa shape index (κ3) is 3.05. The fourth-order valence-electron chi connectivity index (χ4n) is 1.90. The van der Waals surface area contributed by atoms with Gasteiger partial charge in [0.15, 0.2) is 6.61 Å². The van der Waals surface area contributed by atoms with Crippen LogP contribution in [0.4, 0.5) is 0 Å². The van der Waals surface area contributed by atoms with Gasteiger partial charge in [-0.15, -0.1) is 0 Å². The van der Waals surface area contributed by atoms with Crippen molar-refractivity contribution in [3.05, 3.63) is 29.8 Å². The molecular weight excluding hydrogens is 246 g/mol. The molecule has 2 N–H and O–H groups in total. The number of carboxylic acids is 1. The van der Waals surface area contributed by atoms with Crippen LogP contribution in [0.25, 0.3) is 0 Å². The predicted molar refractivity (Wildman–Crippen MR) is 69.1 cm³/mol. The minimum atomic E-state index is -1.05. The first-order chi connectivity index (χ1) is 9.07. The molecule has 1 aromatic rings. The first-order valence-electron chi connectivity index (χ1n) is 6.32. The van der Waals surface area contributed by atoms with Gasteiger partial charge in [0.1, 0.15) is 11.3 Å². The van der Waals surface area contributed by atoms with Gasteiger partial charge in [0.05, 0.1) is 0 Å². The quantitative estimate of drug-likeness (QED) is 0.812. The van der Waals surface area contributed by atoms with Crippen LogP contribution in [0, 0.1) is 0 Å². The van der Waals surface area contributed by atoms with Crippen LogP contribution in [0.5, 0.6) is 5.75 Å². The zero-order valence-corrected chi connectivity index (χ0v) is 10.8. The Balaban J connectivity index is 1.89. The lowest BCUT2D eigenvalue weighted by Gasteiger charge is -2.14. The number of hydrogen-bond acceptors (Lipinski definition) is 3. The van der Waals surface area contributed by atoms with Crippen molar-refractivity contribution in [3.8, 4) is 5.75 Å². The molecule has 5 nitrogen and oxygen atoms in total. The maximum atomic E-state index is 11.7. The normalized spacial score (nSPS) is 15.6. The Hall–Kier alpha value is -2.04. The lowest BCUT2D eigenvalue weighted by atomic mass is 10.1. The zero-order chi connectivity index (χ0) is 13.9. The molecule has 0 unspecified atom stereocenters. The number of aliphatic carboxylic acids is 1. The highest BCUT2D eigenvalue weighted by Crippen LogP contribution is 2.35. The monoisotopic (exact) mass is 263 g/mol. The summed E-state index contributed by atoms with van der Waals surface area (Å²) < 4.78 is 5.44. The molecule has 1 amide bonds. The highest BCUT2D eigenvalue weighted by molar-refractivity contribution is 5.90. The summed E-state index contributed by atoms with van der Waals surface area (Å²) in [5, 5.41) is 11.5. The van der Waals surface area contributed by atoms with E-state index in [1.165, 1.54) is 0 Å². The fraction of sp³-hybridized carbons (Fsp3) is 0.429. The Bertz CT molecular complexity index is 494. The molecule has 0 aromatic heterocycles. The van der Waals surface area contributed by atoms with E-state index in [9.17, 15) is 9.59 Å². The molecule has 0 spiro atoms. The van der Waals surface area contributed by atoms with Gasteiger partial charge in [-0.25, -0.2) is 4.79 Å². The molecule has 102 valence electrons. The summed E-state index contributed by atoms with van der Waals surface area (Å²) in [4.78, 5) is 22.6. The van der Waals surface area contributed by atoms with Crippen LogP contribution in [-0.4, -0.2) is 29.1 Å². The summed E-state index contributed by atoms with van der Waals surface area (Å²) in [5.74, 6) is -0.707. The van der Waals surface area contributed by atoms with Gasteiger partial charge in [0.25, 0.3) is 5.91 Å². The number of carboxylic acid groups (broad SMARTS) is 1. The van der Waals surface area contributed by atoms with Crippen molar-refractivity contribution in [1.29, 1.82) is 0 Å². The number of nitrogens with one attached hydrogen (secondary N) is 1. The van der Waals surface area contributed by atoms with Crippen molar-refractivity contribution in [2.75, 3.05) is 6.61 Å². The van der Waals surface area contributed by atoms with Crippen molar-refractivity contribution >= 4 is 11.9 Å². The number of carbonyl (C=O) groups excluding carboxylic acids is 1. The van der Waals surface area contributed by atoms with Gasteiger partial charge >= 0.3 is 5.97 Å². The first-order valence-corrected chi connectivity index (χ1v) is 6.32. The SMILES string of the molecule is CCc1ccccc1OCC(=O)NC1(C(=O)O)CC1. The number of hydrogen-bond donors (Lipinski definition) is 2. The minimum Gasteiger partial charge on any atom is -0.483 e. The molecule has 1 fully saturated rings. The van der Waals surface area contributed by atoms with Crippen LogP contribution in [0.15, 0.2) is 24.3 Å². The maximum Gasteiger partial charge on any atom is 0.329 e. The molecule has 0 atom stereocenters. The van der Waals surface area contributed by atoms with E-state index in [2.05, 4.69) is 5.32 Å². The summed E-state index contributed by atoms with van der Waals surface area (Å²) >= 11 is 0. The van der Waals surface area contributed by atoms with Crippen molar-refractivity contribution in [1.82, 2.24) is 5.32 Å². The van der Waals surface area contributed by atoms with Crippen LogP contribution in [-0.2, 0) is 16.0 Å².